The van der Waals surface area contributed by atoms with Crippen molar-refractivity contribution in [1.82, 2.24) is 4.31 Å². The second-order valence-corrected chi connectivity index (χ2v) is 7.63. The topological polar surface area (TPSA) is 41.8 Å². The van der Waals surface area contributed by atoms with E-state index >= 15 is 0 Å². The van der Waals surface area contributed by atoms with Crippen LogP contribution in [-0.4, -0.2) is 45.9 Å². The van der Waals surface area contributed by atoms with Crippen molar-refractivity contribution < 1.29 is 13.3 Å². The minimum absolute atomic E-state index is 0.245. The van der Waals surface area contributed by atoms with Gasteiger partial charge in [-0.1, -0.05) is 11.6 Å². The largest absolute Gasteiger partial charge is 0.335 e. The highest BCUT2D eigenvalue weighted by molar-refractivity contribution is 9.10. The average Bonchev–Trinajstić information content (AvgIpc) is 2.32. The fourth-order valence-electron chi connectivity index (χ4n) is 1.92. The van der Waals surface area contributed by atoms with Gasteiger partial charge < -0.3 is 4.90 Å². The lowest BCUT2D eigenvalue weighted by molar-refractivity contribution is -0.883. The zero-order chi connectivity index (χ0) is 13.3. The van der Waals surface area contributed by atoms with E-state index in [1.54, 1.807) is 12.1 Å². The van der Waals surface area contributed by atoms with Crippen molar-refractivity contribution in [1.29, 1.82) is 0 Å². The molecule has 2 rings (SSSR count). The summed E-state index contributed by atoms with van der Waals surface area (Å²) in [6, 6.07) is 4.82. The van der Waals surface area contributed by atoms with Gasteiger partial charge in [-0.25, -0.2) is 8.42 Å². The Balaban J connectivity index is 2.33. The van der Waals surface area contributed by atoms with Crippen LogP contribution in [0, 0.1) is 0 Å². The number of likely N-dealkylation sites (N-methyl/N-ethyl adjacent to an activating group) is 1. The van der Waals surface area contributed by atoms with Crippen molar-refractivity contribution in [2.24, 2.45) is 0 Å². The van der Waals surface area contributed by atoms with Gasteiger partial charge in [-0.3, -0.25) is 0 Å². The Bertz CT molecular complexity index is 542. The van der Waals surface area contributed by atoms with Gasteiger partial charge in [0.05, 0.1) is 38.1 Å². The Morgan fingerprint density at radius 2 is 1.94 bits per heavy atom. The SMILES string of the molecule is C[NH+]1CCN(S(=O)(=O)c2cc(Cl)ccc2Br)CC1. The predicted octanol–water partition coefficient (Wildman–Crippen LogP) is 0.621. The minimum Gasteiger partial charge on any atom is -0.335 e. The van der Waals surface area contributed by atoms with Crippen LogP contribution in [0.5, 0.6) is 0 Å². The fraction of sp³-hybridized carbons (Fsp3) is 0.455. The Kier molecular flexibility index (Phi) is 4.33. The third-order valence-electron chi connectivity index (χ3n) is 3.09. The molecule has 0 amide bonds. The molecular weight excluding hydrogens is 340 g/mol. The van der Waals surface area contributed by atoms with Gasteiger partial charge in [-0.15, -0.1) is 0 Å². The van der Waals surface area contributed by atoms with Crippen molar-refractivity contribution in [2.75, 3.05) is 33.2 Å². The Morgan fingerprint density at radius 1 is 1.33 bits per heavy atom. The number of nitrogens with one attached hydrogen (secondary N) is 1. The molecule has 0 unspecified atom stereocenters. The first kappa shape index (κ1) is 14.3. The number of nitrogens with zero attached hydrogens (tertiary/aromatic N) is 1. The second-order valence-electron chi connectivity index (χ2n) is 4.44. The molecule has 1 aromatic carbocycles. The zero-order valence-corrected chi connectivity index (χ0v) is 13.1. The molecule has 0 spiro atoms. The van der Waals surface area contributed by atoms with Crippen LogP contribution in [0.25, 0.3) is 0 Å². The van der Waals surface area contributed by atoms with E-state index < -0.39 is 10.0 Å². The maximum atomic E-state index is 12.5. The number of piperazine rings is 1. The molecule has 1 N–H and O–H groups in total. The Labute approximate surface area is 121 Å². The van der Waals surface area contributed by atoms with Crippen molar-refractivity contribution in [3.05, 3.63) is 27.7 Å². The molecule has 1 heterocycles. The molecule has 1 aliphatic heterocycles. The third-order valence-corrected chi connectivity index (χ3v) is 6.21. The summed E-state index contributed by atoms with van der Waals surface area (Å²) < 4.78 is 27.1. The quantitative estimate of drug-likeness (QED) is 0.846. The molecule has 0 saturated carbocycles. The average molecular weight is 355 g/mol. The van der Waals surface area contributed by atoms with Gasteiger partial charge in [-0.2, -0.15) is 4.31 Å². The van der Waals surface area contributed by atoms with E-state index in [1.165, 1.54) is 15.3 Å². The maximum absolute atomic E-state index is 12.5. The lowest BCUT2D eigenvalue weighted by atomic mass is 10.4. The van der Waals surface area contributed by atoms with Gasteiger partial charge in [0, 0.05) is 9.50 Å². The molecule has 18 heavy (non-hydrogen) atoms. The van der Waals surface area contributed by atoms with Crippen molar-refractivity contribution in [2.45, 2.75) is 4.90 Å². The summed E-state index contributed by atoms with van der Waals surface area (Å²) in [5.74, 6) is 0. The predicted molar refractivity (Wildman–Crippen MR) is 74.5 cm³/mol. The summed E-state index contributed by atoms with van der Waals surface area (Å²) in [5, 5.41) is 0.427. The summed E-state index contributed by atoms with van der Waals surface area (Å²) in [4.78, 5) is 1.60. The van der Waals surface area contributed by atoms with Gasteiger partial charge in [0.25, 0.3) is 0 Å². The lowest BCUT2D eigenvalue weighted by Crippen LogP contribution is -3.12. The van der Waals surface area contributed by atoms with E-state index in [4.69, 9.17) is 11.6 Å². The van der Waals surface area contributed by atoms with Crippen LogP contribution in [0.15, 0.2) is 27.6 Å². The fourth-order valence-corrected chi connectivity index (χ4v) is 4.55. The number of halogens is 2. The van der Waals surface area contributed by atoms with Crippen molar-refractivity contribution in [3.63, 3.8) is 0 Å². The van der Waals surface area contributed by atoms with E-state index in [1.807, 2.05) is 0 Å². The highest BCUT2D eigenvalue weighted by atomic mass is 79.9. The molecule has 0 aromatic heterocycles. The molecule has 0 atom stereocenters. The van der Waals surface area contributed by atoms with Gasteiger partial charge in [-0.05, 0) is 34.1 Å². The number of benzene rings is 1. The first-order valence-corrected chi connectivity index (χ1v) is 8.29. The molecule has 1 saturated heterocycles. The van der Waals surface area contributed by atoms with Gasteiger partial charge in [0.2, 0.25) is 10.0 Å². The molecule has 7 heteroatoms. The number of rotatable bonds is 2. The van der Waals surface area contributed by atoms with Gasteiger partial charge >= 0.3 is 0 Å². The molecule has 1 aliphatic rings. The molecular formula is C11H15BrClN2O2S+. The van der Waals surface area contributed by atoms with E-state index in [-0.39, 0.29) is 4.90 Å². The summed E-state index contributed by atoms with van der Waals surface area (Å²) in [6.45, 7) is 2.76. The summed E-state index contributed by atoms with van der Waals surface area (Å²) in [6.07, 6.45) is 0. The zero-order valence-electron chi connectivity index (χ0n) is 9.99. The molecule has 1 aromatic rings. The highest BCUT2D eigenvalue weighted by Crippen LogP contribution is 2.27. The van der Waals surface area contributed by atoms with Crippen molar-refractivity contribution >= 4 is 37.6 Å². The number of sulfonamides is 1. The van der Waals surface area contributed by atoms with Crippen LogP contribution in [-0.2, 0) is 10.0 Å². The lowest BCUT2D eigenvalue weighted by Gasteiger charge is -2.29. The van der Waals surface area contributed by atoms with Crippen LogP contribution in [0.2, 0.25) is 5.02 Å². The van der Waals surface area contributed by atoms with E-state index in [0.717, 1.165) is 13.1 Å². The van der Waals surface area contributed by atoms with Crippen LogP contribution in [0.3, 0.4) is 0 Å². The molecule has 0 bridgehead atoms. The van der Waals surface area contributed by atoms with E-state index in [0.29, 0.717) is 22.6 Å². The number of hydrogen-bond donors (Lipinski definition) is 1. The first-order valence-electron chi connectivity index (χ1n) is 5.68. The number of hydrogen-bond acceptors (Lipinski definition) is 2. The molecule has 100 valence electrons. The monoisotopic (exact) mass is 353 g/mol. The van der Waals surface area contributed by atoms with Crippen LogP contribution < -0.4 is 4.90 Å². The molecule has 0 aliphatic carbocycles. The summed E-state index contributed by atoms with van der Waals surface area (Å²) in [5.41, 5.74) is 0. The second kappa shape index (κ2) is 5.46. The molecule has 1 fully saturated rings. The van der Waals surface area contributed by atoms with Crippen LogP contribution in [0.1, 0.15) is 0 Å². The minimum atomic E-state index is -3.45. The summed E-state index contributed by atoms with van der Waals surface area (Å²) in [7, 11) is -1.38. The normalized spacial score (nSPS) is 19.1. The molecule has 4 nitrogen and oxygen atoms in total. The van der Waals surface area contributed by atoms with E-state index in [2.05, 4.69) is 23.0 Å². The van der Waals surface area contributed by atoms with Crippen LogP contribution >= 0.6 is 27.5 Å². The Hall–Kier alpha value is -0.140. The van der Waals surface area contributed by atoms with E-state index in [9.17, 15) is 8.42 Å². The summed E-state index contributed by atoms with van der Waals surface area (Å²) >= 11 is 9.15. The highest BCUT2D eigenvalue weighted by Gasteiger charge is 2.30. The van der Waals surface area contributed by atoms with Gasteiger partial charge in [0.1, 0.15) is 0 Å². The first-order chi connectivity index (χ1) is 8.41. The maximum Gasteiger partial charge on any atom is 0.244 e. The Morgan fingerprint density at radius 3 is 2.56 bits per heavy atom. The van der Waals surface area contributed by atoms with Crippen LogP contribution in [0.4, 0.5) is 0 Å². The smallest absolute Gasteiger partial charge is 0.244 e. The molecule has 0 radical (unpaired) electrons. The number of quaternary nitrogens is 1. The standard InChI is InChI=1S/C11H14BrClN2O2S/c1-14-4-6-15(7-5-14)18(16,17)11-8-9(13)2-3-10(11)12/h2-3,8H,4-7H2,1H3/p+1. The third kappa shape index (κ3) is 2.88. The van der Waals surface area contributed by atoms with Crippen molar-refractivity contribution in [3.8, 4) is 0 Å². The van der Waals surface area contributed by atoms with Gasteiger partial charge in [0.15, 0.2) is 0 Å².